The third kappa shape index (κ3) is 1.89. The normalized spacial score (nSPS) is 10.7. The number of benzene rings is 1. The summed E-state index contributed by atoms with van der Waals surface area (Å²) in [5.74, 6) is 0.453. The Morgan fingerprint density at radius 1 is 1.39 bits per heavy atom. The van der Waals surface area contributed by atoms with Crippen molar-refractivity contribution < 1.29 is 9.21 Å². The number of anilines is 1. The van der Waals surface area contributed by atoms with Gasteiger partial charge in [-0.25, -0.2) is 0 Å². The van der Waals surface area contributed by atoms with Gasteiger partial charge in [0.15, 0.2) is 0 Å². The zero-order valence-corrected chi connectivity index (χ0v) is 10.5. The highest BCUT2D eigenvalue weighted by molar-refractivity contribution is 7.13. The smallest absolute Gasteiger partial charge is 0.259 e. The average Bonchev–Trinajstić information content (AvgIpc) is 2.96. The second-order valence-electron chi connectivity index (χ2n) is 3.92. The summed E-state index contributed by atoms with van der Waals surface area (Å²) in [7, 11) is 0. The van der Waals surface area contributed by atoms with Crippen molar-refractivity contribution >= 4 is 33.2 Å². The number of nitrogens with zero attached hydrogens (tertiary/aromatic N) is 1. The van der Waals surface area contributed by atoms with Crippen molar-refractivity contribution in [3.63, 3.8) is 0 Å². The van der Waals surface area contributed by atoms with Crippen LogP contribution < -0.4 is 5.32 Å². The number of carbonyl (C=O) groups is 1. The first-order valence-electron chi connectivity index (χ1n) is 5.44. The van der Waals surface area contributed by atoms with E-state index in [1.165, 1.54) is 17.8 Å². The van der Waals surface area contributed by atoms with Crippen LogP contribution in [0.25, 0.3) is 10.1 Å². The fourth-order valence-electron chi connectivity index (χ4n) is 1.77. The number of nitrogens with one attached hydrogen (secondary N) is 1. The molecule has 0 aliphatic rings. The lowest BCUT2D eigenvalue weighted by atomic mass is 10.2. The summed E-state index contributed by atoms with van der Waals surface area (Å²) < 4.78 is 10.3. The minimum Gasteiger partial charge on any atom is -0.469 e. The van der Waals surface area contributed by atoms with Crippen LogP contribution in [-0.4, -0.2) is 10.3 Å². The molecule has 1 aromatic carbocycles. The van der Waals surface area contributed by atoms with Crippen LogP contribution in [0.4, 0.5) is 5.69 Å². The van der Waals surface area contributed by atoms with Gasteiger partial charge in [0, 0.05) is 17.3 Å². The zero-order chi connectivity index (χ0) is 12.5. The van der Waals surface area contributed by atoms with Crippen LogP contribution >= 0.6 is 11.5 Å². The van der Waals surface area contributed by atoms with Crippen molar-refractivity contribution in [3.05, 3.63) is 48.0 Å². The van der Waals surface area contributed by atoms with Gasteiger partial charge in [0.2, 0.25) is 0 Å². The Hall–Kier alpha value is -2.14. The fourth-order valence-corrected chi connectivity index (χ4v) is 2.39. The summed E-state index contributed by atoms with van der Waals surface area (Å²) in [6.07, 6.45) is 3.30. The van der Waals surface area contributed by atoms with Crippen LogP contribution in [0.3, 0.4) is 0 Å². The summed E-state index contributed by atoms with van der Waals surface area (Å²) in [6.45, 7) is 1.76. The molecule has 2 heterocycles. The van der Waals surface area contributed by atoms with Gasteiger partial charge in [0.05, 0.1) is 16.5 Å². The van der Waals surface area contributed by atoms with Crippen LogP contribution in [0.1, 0.15) is 16.1 Å². The maximum absolute atomic E-state index is 12.0. The molecule has 0 saturated carbocycles. The van der Waals surface area contributed by atoms with Gasteiger partial charge in [-0.05, 0) is 42.7 Å². The van der Waals surface area contributed by atoms with Crippen molar-refractivity contribution in [1.82, 2.24) is 4.37 Å². The number of hydrogen-bond donors (Lipinski definition) is 1. The Bertz CT molecular complexity index is 714. The summed E-state index contributed by atoms with van der Waals surface area (Å²) in [5, 5.41) is 3.87. The van der Waals surface area contributed by atoms with Gasteiger partial charge in [0.25, 0.3) is 5.91 Å². The number of furan rings is 1. The lowest BCUT2D eigenvalue weighted by molar-refractivity contribution is 0.102. The number of rotatable bonds is 2. The van der Waals surface area contributed by atoms with E-state index in [9.17, 15) is 4.79 Å². The second kappa shape index (κ2) is 4.27. The van der Waals surface area contributed by atoms with Crippen molar-refractivity contribution in [3.8, 4) is 0 Å². The molecule has 0 aliphatic carbocycles. The highest BCUT2D eigenvalue weighted by Gasteiger charge is 2.11. The molecule has 4 nitrogen and oxygen atoms in total. The molecule has 0 unspecified atom stereocenters. The molecule has 0 radical (unpaired) electrons. The standard InChI is InChI=1S/C13H10N2O2S/c1-8-11(4-5-17-8)13(16)15-10-2-3-12-9(6-10)7-14-18-12/h2-7H,1H3,(H,15,16). The molecule has 0 bridgehead atoms. The molecule has 0 aliphatic heterocycles. The molecule has 1 amide bonds. The Labute approximate surface area is 107 Å². The van der Waals surface area contributed by atoms with E-state index in [1.54, 1.807) is 19.2 Å². The number of fused-ring (bicyclic) bond motifs is 1. The predicted molar refractivity (Wildman–Crippen MR) is 71.0 cm³/mol. The fraction of sp³-hybridized carbons (Fsp3) is 0.0769. The summed E-state index contributed by atoms with van der Waals surface area (Å²) in [4.78, 5) is 12.0. The van der Waals surface area contributed by atoms with E-state index in [2.05, 4.69) is 9.69 Å². The SMILES string of the molecule is Cc1occc1C(=O)Nc1ccc2sncc2c1. The molecule has 0 fully saturated rings. The van der Waals surface area contributed by atoms with Crippen molar-refractivity contribution in [2.45, 2.75) is 6.92 Å². The van der Waals surface area contributed by atoms with E-state index in [0.29, 0.717) is 11.3 Å². The van der Waals surface area contributed by atoms with E-state index in [0.717, 1.165) is 15.8 Å². The van der Waals surface area contributed by atoms with Crippen LogP contribution in [0.5, 0.6) is 0 Å². The van der Waals surface area contributed by atoms with E-state index in [-0.39, 0.29) is 5.91 Å². The Morgan fingerprint density at radius 3 is 3.06 bits per heavy atom. The topological polar surface area (TPSA) is 55.1 Å². The summed E-state index contributed by atoms with van der Waals surface area (Å²) in [6, 6.07) is 7.39. The lowest BCUT2D eigenvalue weighted by Gasteiger charge is -2.04. The quantitative estimate of drug-likeness (QED) is 0.766. The molecule has 1 N–H and O–H groups in total. The molecule has 2 aromatic heterocycles. The van der Waals surface area contributed by atoms with Crippen molar-refractivity contribution in [1.29, 1.82) is 0 Å². The van der Waals surface area contributed by atoms with Crippen LogP contribution in [-0.2, 0) is 0 Å². The minimum atomic E-state index is -0.163. The molecule has 18 heavy (non-hydrogen) atoms. The highest BCUT2D eigenvalue weighted by atomic mass is 32.1. The van der Waals surface area contributed by atoms with Gasteiger partial charge in [-0.3, -0.25) is 4.79 Å². The number of aromatic nitrogens is 1. The van der Waals surface area contributed by atoms with Crippen LogP contribution in [0.2, 0.25) is 0 Å². The third-order valence-corrected chi connectivity index (χ3v) is 3.49. The third-order valence-electron chi connectivity index (χ3n) is 2.71. The minimum absolute atomic E-state index is 0.163. The lowest BCUT2D eigenvalue weighted by Crippen LogP contribution is -2.11. The molecule has 3 aromatic rings. The van der Waals surface area contributed by atoms with Gasteiger partial charge in [-0.1, -0.05) is 0 Å². The number of aryl methyl sites for hydroxylation is 1. The number of hydrogen-bond acceptors (Lipinski definition) is 4. The van der Waals surface area contributed by atoms with E-state index < -0.39 is 0 Å². The first-order valence-corrected chi connectivity index (χ1v) is 6.21. The Morgan fingerprint density at radius 2 is 2.28 bits per heavy atom. The van der Waals surface area contributed by atoms with Gasteiger partial charge < -0.3 is 9.73 Å². The van der Waals surface area contributed by atoms with E-state index in [4.69, 9.17) is 4.42 Å². The van der Waals surface area contributed by atoms with E-state index in [1.807, 2.05) is 18.2 Å². The molecule has 90 valence electrons. The van der Waals surface area contributed by atoms with Crippen molar-refractivity contribution in [2.24, 2.45) is 0 Å². The summed E-state index contributed by atoms with van der Waals surface area (Å²) in [5.41, 5.74) is 1.31. The Balaban J connectivity index is 1.88. The maximum atomic E-state index is 12.0. The second-order valence-corrected chi connectivity index (χ2v) is 4.76. The van der Waals surface area contributed by atoms with Crippen LogP contribution in [0.15, 0.2) is 41.1 Å². The molecule has 3 rings (SSSR count). The van der Waals surface area contributed by atoms with Gasteiger partial charge in [-0.15, -0.1) is 0 Å². The number of amides is 1. The largest absolute Gasteiger partial charge is 0.469 e. The summed E-state index contributed by atoms with van der Waals surface area (Å²) >= 11 is 1.44. The molecular formula is C13H10N2O2S. The number of carbonyl (C=O) groups excluding carboxylic acids is 1. The zero-order valence-electron chi connectivity index (χ0n) is 9.64. The van der Waals surface area contributed by atoms with E-state index >= 15 is 0 Å². The van der Waals surface area contributed by atoms with Gasteiger partial charge in [0.1, 0.15) is 5.76 Å². The molecule has 0 atom stereocenters. The first-order chi connectivity index (χ1) is 8.74. The molecule has 0 spiro atoms. The Kier molecular flexibility index (Phi) is 2.60. The van der Waals surface area contributed by atoms with Crippen LogP contribution in [0, 0.1) is 6.92 Å². The first kappa shape index (κ1) is 11.0. The molecular weight excluding hydrogens is 248 g/mol. The van der Waals surface area contributed by atoms with Gasteiger partial charge >= 0.3 is 0 Å². The predicted octanol–water partition coefficient (Wildman–Crippen LogP) is 3.45. The monoisotopic (exact) mass is 258 g/mol. The maximum Gasteiger partial charge on any atom is 0.259 e. The average molecular weight is 258 g/mol. The van der Waals surface area contributed by atoms with Gasteiger partial charge in [-0.2, -0.15) is 4.37 Å². The molecule has 0 saturated heterocycles. The molecule has 5 heteroatoms. The van der Waals surface area contributed by atoms with Crippen molar-refractivity contribution in [2.75, 3.05) is 5.32 Å². The highest BCUT2D eigenvalue weighted by Crippen LogP contribution is 2.22.